The molecular formula is C7H3ClF3N3. The lowest BCUT2D eigenvalue weighted by molar-refractivity contribution is -0.142. The Bertz CT molecular complexity index is 476. The SMILES string of the molecule is FC(F)(F)c1ccc2cnc(Cl)nn12. The number of hydrogen-bond donors (Lipinski definition) is 0. The van der Waals surface area contributed by atoms with Crippen LogP contribution in [0.3, 0.4) is 0 Å². The van der Waals surface area contributed by atoms with Gasteiger partial charge in [0.2, 0.25) is 5.28 Å². The Balaban J connectivity index is 2.73. The van der Waals surface area contributed by atoms with E-state index in [4.69, 9.17) is 11.6 Å². The zero-order valence-electron chi connectivity index (χ0n) is 6.59. The van der Waals surface area contributed by atoms with Crippen molar-refractivity contribution in [3.63, 3.8) is 0 Å². The number of halogens is 4. The molecule has 0 fully saturated rings. The molecule has 2 heterocycles. The lowest BCUT2D eigenvalue weighted by Crippen LogP contribution is -2.10. The molecule has 74 valence electrons. The normalized spacial score (nSPS) is 12.3. The molecule has 0 amide bonds. The first-order valence-electron chi connectivity index (χ1n) is 3.56. The second kappa shape index (κ2) is 2.84. The summed E-state index contributed by atoms with van der Waals surface area (Å²) in [6.45, 7) is 0. The van der Waals surface area contributed by atoms with E-state index in [0.29, 0.717) is 0 Å². The van der Waals surface area contributed by atoms with Crippen molar-refractivity contribution in [1.82, 2.24) is 14.6 Å². The highest BCUT2D eigenvalue weighted by atomic mass is 35.5. The van der Waals surface area contributed by atoms with E-state index in [1.165, 1.54) is 12.3 Å². The van der Waals surface area contributed by atoms with Gasteiger partial charge in [0, 0.05) is 0 Å². The molecule has 0 spiro atoms. The van der Waals surface area contributed by atoms with Crippen molar-refractivity contribution in [3.05, 3.63) is 29.3 Å². The van der Waals surface area contributed by atoms with Gasteiger partial charge in [-0.05, 0) is 23.7 Å². The van der Waals surface area contributed by atoms with Crippen LogP contribution in [-0.4, -0.2) is 14.6 Å². The van der Waals surface area contributed by atoms with Crippen molar-refractivity contribution < 1.29 is 13.2 Å². The minimum absolute atomic E-state index is 0.223. The summed E-state index contributed by atoms with van der Waals surface area (Å²) in [6, 6.07) is 2.21. The predicted octanol–water partition coefficient (Wildman–Crippen LogP) is 2.40. The molecule has 7 heteroatoms. The summed E-state index contributed by atoms with van der Waals surface area (Å²) in [5.74, 6) is 0. The fraction of sp³-hybridized carbons (Fsp3) is 0.143. The van der Waals surface area contributed by atoms with Gasteiger partial charge in [0.15, 0.2) is 0 Å². The molecule has 0 bridgehead atoms. The number of rotatable bonds is 0. The van der Waals surface area contributed by atoms with Crippen molar-refractivity contribution in [2.24, 2.45) is 0 Å². The summed E-state index contributed by atoms with van der Waals surface area (Å²) in [6.07, 6.45) is -3.21. The van der Waals surface area contributed by atoms with Gasteiger partial charge in [-0.1, -0.05) is 0 Å². The van der Waals surface area contributed by atoms with Crippen molar-refractivity contribution in [2.75, 3.05) is 0 Å². The van der Waals surface area contributed by atoms with E-state index in [9.17, 15) is 13.2 Å². The van der Waals surface area contributed by atoms with Gasteiger partial charge in [-0.25, -0.2) is 9.50 Å². The molecule has 0 saturated carbocycles. The molecule has 0 saturated heterocycles. The first-order chi connectivity index (χ1) is 6.48. The fourth-order valence-corrected chi connectivity index (χ4v) is 1.22. The van der Waals surface area contributed by atoms with Crippen LogP contribution in [0.1, 0.15) is 5.69 Å². The van der Waals surface area contributed by atoms with Gasteiger partial charge in [0.1, 0.15) is 5.69 Å². The average molecular weight is 222 g/mol. The molecule has 0 N–H and O–H groups in total. The highest BCUT2D eigenvalue weighted by Gasteiger charge is 2.34. The molecule has 0 aliphatic heterocycles. The lowest BCUT2D eigenvalue weighted by atomic mass is 10.4. The van der Waals surface area contributed by atoms with Gasteiger partial charge >= 0.3 is 6.18 Å². The Morgan fingerprint density at radius 1 is 1.29 bits per heavy atom. The van der Waals surface area contributed by atoms with E-state index in [1.54, 1.807) is 0 Å². The Morgan fingerprint density at radius 2 is 2.00 bits per heavy atom. The van der Waals surface area contributed by atoms with E-state index in [1.807, 2.05) is 0 Å². The lowest BCUT2D eigenvalue weighted by Gasteiger charge is -2.05. The number of nitrogens with zero attached hydrogens (tertiary/aromatic N) is 3. The standard InChI is InChI=1S/C7H3ClF3N3/c8-6-12-3-4-1-2-5(7(9,10)11)14(4)13-6/h1-3H. The summed E-state index contributed by atoms with van der Waals surface area (Å²) >= 11 is 5.39. The molecule has 2 aromatic rings. The number of aromatic nitrogens is 3. The van der Waals surface area contributed by atoms with E-state index in [-0.39, 0.29) is 10.8 Å². The maximum absolute atomic E-state index is 12.4. The summed E-state index contributed by atoms with van der Waals surface area (Å²) < 4.78 is 37.8. The number of alkyl halides is 3. The van der Waals surface area contributed by atoms with Crippen LogP contribution in [0.5, 0.6) is 0 Å². The summed E-state index contributed by atoms with van der Waals surface area (Å²) in [7, 11) is 0. The maximum Gasteiger partial charge on any atom is 0.433 e. The van der Waals surface area contributed by atoms with Crippen LogP contribution in [0.2, 0.25) is 5.28 Å². The summed E-state index contributed by atoms with van der Waals surface area (Å²) in [5.41, 5.74) is -0.612. The molecule has 3 nitrogen and oxygen atoms in total. The number of hydrogen-bond acceptors (Lipinski definition) is 2. The predicted molar refractivity (Wildman–Crippen MR) is 43.0 cm³/mol. The van der Waals surface area contributed by atoms with Gasteiger partial charge in [-0.3, -0.25) is 0 Å². The van der Waals surface area contributed by atoms with Crippen LogP contribution in [0.25, 0.3) is 5.52 Å². The Kier molecular flexibility index (Phi) is 1.88. The van der Waals surface area contributed by atoms with Gasteiger partial charge in [0.25, 0.3) is 0 Å². The molecule has 0 aromatic carbocycles. The molecule has 0 atom stereocenters. The van der Waals surface area contributed by atoms with Crippen molar-refractivity contribution in [2.45, 2.75) is 6.18 Å². The molecule has 2 aromatic heterocycles. The second-order valence-electron chi connectivity index (χ2n) is 2.58. The highest BCUT2D eigenvalue weighted by molar-refractivity contribution is 6.28. The van der Waals surface area contributed by atoms with E-state index in [0.717, 1.165) is 10.6 Å². The third-order valence-corrected chi connectivity index (χ3v) is 1.83. The smallest absolute Gasteiger partial charge is 0.224 e. The van der Waals surface area contributed by atoms with Crippen LogP contribution in [0.4, 0.5) is 13.2 Å². The third kappa shape index (κ3) is 1.41. The zero-order valence-corrected chi connectivity index (χ0v) is 7.34. The van der Waals surface area contributed by atoms with Gasteiger partial charge in [0.05, 0.1) is 11.7 Å². The van der Waals surface area contributed by atoms with Crippen molar-refractivity contribution in [3.8, 4) is 0 Å². The summed E-state index contributed by atoms with van der Waals surface area (Å²) in [5, 5.41) is 3.23. The number of fused-ring (bicyclic) bond motifs is 1. The van der Waals surface area contributed by atoms with E-state index < -0.39 is 11.9 Å². The molecule has 0 radical (unpaired) electrons. The maximum atomic E-state index is 12.4. The van der Waals surface area contributed by atoms with Crippen LogP contribution >= 0.6 is 11.6 Å². The highest BCUT2D eigenvalue weighted by Crippen LogP contribution is 2.30. The van der Waals surface area contributed by atoms with Gasteiger partial charge in [-0.2, -0.15) is 13.2 Å². The zero-order chi connectivity index (χ0) is 10.3. The van der Waals surface area contributed by atoms with E-state index in [2.05, 4.69) is 10.1 Å². The Hall–Kier alpha value is -1.30. The topological polar surface area (TPSA) is 30.2 Å². The second-order valence-corrected chi connectivity index (χ2v) is 2.92. The first-order valence-corrected chi connectivity index (χ1v) is 3.94. The van der Waals surface area contributed by atoms with Crippen LogP contribution in [-0.2, 0) is 6.18 Å². The van der Waals surface area contributed by atoms with Crippen LogP contribution in [0, 0.1) is 0 Å². The fourth-order valence-electron chi connectivity index (χ4n) is 1.10. The molecule has 2 rings (SSSR count). The quantitative estimate of drug-likeness (QED) is 0.684. The first kappa shape index (κ1) is 9.26. The summed E-state index contributed by atoms with van der Waals surface area (Å²) in [4.78, 5) is 3.57. The molecule has 0 unspecified atom stereocenters. The molecular weight excluding hydrogens is 219 g/mol. The monoisotopic (exact) mass is 221 g/mol. The largest absolute Gasteiger partial charge is 0.433 e. The molecule has 0 aliphatic rings. The van der Waals surface area contributed by atoms with Crippen LogP contribution < -0.4 is 0 Å². The third-order valence-electron chi connectivity index (χ3n) is 1.66. The Labute approximate surface area is 81.1 Å². The Morgan fingerprint density at radius 3 is 2.64 bits per heavy atom. The van der Waals surface area contributed by atoms with Crippen molar-refractivity contribution in [1.29, 1.82) is 0 Å². The van der Waals surface area contributed by atoms with Crippen molar-refractivity contribution >= 4 is 17.1 Å². The van der Waals surface area contributed by atoms with E-state index >= 15 is 0 Å². The molecule has 0 aliphatic carbocycles. The minimum Gasteiger partial charge on any atom is -0.224 e. The van der Waals surface area contributed by atoms with Gasteiger partial charge in [-0.15, -0.1) is 5.10 Å². The average Bonchev–Trinajstić information content (AvgIpc) is 2.45. The van der Waals surface area contributed by atoms with Crippen LogP contribution in [0.15, 0.2) is 18.3 Å². The van der Waals surface area contributed by atoms with Gasteiger partial charge < -0.3 is 0 Å². The minimum atomic E-state index is -4.44. The molecule has 14 heavy (non-hydrogen) atoms.